The summed E-state index contributed by atoms with van der Waals surface area (Å²) < 4.78 is 45.6. The van der Waals surface area contributed by atoms with Gasteiger partial charge in [-0.15, -0.1) is 13.2 Å². The Bertz CT molecular complexity index is 836. The molecule has 1 aromatic heterocycles. The lowest BCUT2D eigenvalue weighted by atomic mass is 10.1. The molecule has 144 valence electrons. The summed E-state index contributed by atoms with van der Waals surface area (Å²) in [7, 11) is 0. The third kappa shape index (κ3) is 5.98. The Balaban J connectivity index is 2.23. The molecule has 2 rings (SSSR count). The van der Waals surface area contributed by atoms with E-state index in [2.05, 4.69) is 9.72 Å². The maximum absolute atomic E-state index is 12.3. The average Bonchev–Trinajstić information content (AvgIpc) is 2.59. The smallest absolute Gasteiger partial charge is 0.506 e. The Morgan fingerprint density at radius 2 is 1.89 bits per heavy atom. The zero-order chi connectivity index (χ0) is 20.0. The fourth-order valence-electron chi connectivity index (χ4n) is 2.24. The van der Waals surface area contributed by atoms with Gasteiger partial charge in [0.1, 0.15) is 17.2 Å². The molecule has 6 nitrogen and oxygen atoms in total. The second kappa shape index (κ2) is 8.52. The molecule has 2 aromatic rings. The van der Waals surface area contributed by atoms with Crippen LogP contribution in [-0.2, 0) is 9.53 Å². The molecule has 0 radical (unpaired) electrons. The zero-order valence-electron chi connectivity index (χ0n) is 14.2. The van der Waals surface area contributed by atoms with Gasteiger partial charge in [-0.25, -0.2) is 4.98 Å². The van der Waals surface area contributed by atoms with Crippen LogP contribution in [0.4, 0.5) is 13.2 Å². The predicted octanol–water partition coefficient (Wildman–Crippen LogP) is 3.88. The van der Waals surface area contributed by atoms with E-state index in [4.69, 9.17) is 4.74 Å². The molecule has 0 spiro atoms. The number of esters is 1. The molecule has 0 amide bonds. The first-order valence-corrected chi connectivity index (χ1v) is 7.94. The molecule has 1 N–H and O–H groups in total. The largest absolute Gasteiger partial charge is 0.573 e. The van der Waals surface area contributed by atoms with Crippen molar-refractivity contribution in [2.75, 3.05) is 6.61 Å². The third-order valence-electron chi connectivity index (χ3n) is 3.36. The number of carbonyl (C=O) groups is 2. The highest BCUT2D eigenvalue weighted by atomic mass is 19.4. The molecule has 0 saturated heterocycles. The van der Waals surface area contributed by atoms with E-state index in [1.807, 2.05) is 0 Å². The summed E-state index contributed by atoms with van der Waals surface area (Å²) in [6.07, 6.45) is -5.23. The van der Waals surface area contributed by atoms with Gasteiger partial charge >= 0.3 is 12.3 Å². The van der Waals surface area contributed by atoms with Gasteiger partial charge in [0.15, 0.2) is 5.78 Å². The summed E-state index contributed by atoms with van der Waals surface area (Å²) in [5.41, 5.74) is 0.148. The second-order valence-corrected chi connectivity index (χ2v) is 5.37. The summed E-state index contributed by atoms with van der Waals surface area (Å²) in [6, 6.07) is 7.62. The fourth-order valence-corrected chi connectivity index (χ4v) is 2.24. The maximum Gasteiger partial charge on any atom is 0.573 e. The standard InChI is InChI=1S/C18H16F3NO5/c1-2-26-16(25)9-8-15(24)17-14(23)7-6-13(22-17)11-4-3-5-12(10-11)27-18(19,20)21/h3-7,10,23H,2,8-9H2,1H3. The van der Waals surface area contributed by atoms with E-state index in [9.17, 15) is 27.9 Å². The van der Waals surface area contributed by atoms with Gasteiger partial charge in [-0.2, -0.15) is 0 Å². The molecular formula is C18H16F3NO5. The van der Waals surface area contributed by atoms with Gasteiger partial charge < -0.3 is 14.6 Å². The van der Waals surface area contributed by atoms with Crippen LogP contribution in [0.25, 0.3) is 11.3 Å². The van der Waals surface area contributed by atoms with Gasteiger partial charge in [0.25, 0.3) is 0 Å². The number of alkyl halides is 3. The minimum absolute atomic E-state index is 0.167. The highest BCUT2D eigenvalue weighted by Gasteiger charge is 2.31. The van der Waals surface area contributed by atoms with E-state index in [-0.39, 0.29) is 36.4 Å². The van der Waals surface area contributed by atoms with Gasteiger partial charge in [-0.05, 0) is 31.2 Å². The molecular weight excluding hydrogens is 367 g/mol. The first-order chi connectivity index (χ1) is 12.7. The molecule has 1 aromatic carbocycles. The van der Waals surface area contributed by atoms with E-state index < -0.39 is 29.6 Å². The van der Waals surface area contributed by atoms with E-state index in [0.717, 1.165) is 12.1 Å². The van der Waals surface area contributed by atoms with E-state index in [1.54, 1.807) is 6.92 Å². The lowest BCUT2D eigenvalue weighted by molar-refractivity contribution is -0.274. The summed E-state index contributed by atoms with van der Waals surface area (Å²) in [4.78, 5) is 27.6. The molecule has 27 heavy (non-hydrogen) atoms. The van der Waals surface area contributed by atoms with Crippen molar-refractivity contribution in [1.82, 2.24) is 4.98 Å². The highest BCUT2D eigenvalue weighted by Crippen LogP contribution is 2.29. The van der Waals surface area contributed by atoms with Crippen LogP contribution < -0.4 is 4.74 Å². The van der Waals surface area contributed by atoms with Gasteiger partial charge in [0.2, 0.25) is 0 Å². The van der Waals surface area contributed by atoms with E-state index >= 15 is 0 Å². The quantitative estimate of drug-likeness (QED) is 0.577. The van der Waals surface area contributed by atoms with Crippen LogP contribution in [0.2, 0.25) is 0 Å². The van der Waals surface area contributed by atoms with Crippen LogP contribution >= 0.6 is 0 Å². The maximum atomic E-state index is 12.3. The first kappa shape index (κ1) is 20.2. The molecule has 0 aliphatic carbocycles. The number of ether oxygens (including phenoxy) is 2. The van der Waals surface area contributed by atoms with Crippen LogP contribution in [0.5, 0.6) is 11.5 Å². The SMILES string of the molecule is CCOC(=O)CCC(=O)c1nc(-c2cccc(OC(F)(F)F)c2)ccc1O. The Morgan fingerprint density at radius 1 is 1.15 bits per heavy atom. The van der Waals surface area contributed by atoms with Gasteiger partial charge in [0, 0.05) is 12.0 Å². The van der Waals surface area contributed by atoms with Gasteiger partial charge in [-0.1, -0.05) is 12.1 Å². The molecule has 0 saturated carbocycles. The minimum Gasteiger partial charge on any atom is -0.506 e. The van der Waals surface area contributed by atoms with E-state index in [1.165, 1.54) is 24.3 Å². The second-order valence-electron chi connectivity index (χ2n) is 5.37. The number of hydrogen-bond donors (Lipinski definition) is 1. The molecule has 0 aliphatic heterocycles. The average molecular weight is 383 g/mol. The number of halogens is 3. The molecule has 1 heterocycles. The number of pyridine rings is 1. The Labute approximate surface area is 152 Å². The summed E-state index contributed by atoms with van der Waals surface area (Å²) in [5, 5.41) is 9.86. The Kier molecular flexibility index (Phi) is 6.38. The predicted molar refractivity (Wildman–Crippen MR) is 88.2 cm³/mol. The summed E-state index contributed by atoms with van der Waals surface area (Å²) >= 11 is 0. The lowest BCUT2D eigenvalue weighted by Crippen LogP contribution is -2.17. The Morgan fingerprint density at radius 3 is 2.56 bits per heavy atom. The van der Waals surface area contributed by atoms with Crippen molar-refractivity contribution in [1.29, 1.82) is 0 Å². The van der Waals surface area contributed by atoms with Crippen molar-refractivity contribution in [2.24, 2.45) is 0 Å². The normalized spacial score (nSPS) is 11.1. The van der Waals surface area contributed by atoms with Crippen molar-refractivity contribution in [3.8, 4) is 22.8 Å². The van der Waals surface area contributed by atoms with Crippen molar-refractivity contribution >= 4 is 11.8 Å². The number of nitrogens with zero attached hydrogens (tertiary/aromatic N) is 1. The van der Waals surface area contributed by atoms with Crippen LogP contribution in [0.3, 0.4) is 0 Å². The number of benzene rings is 1. The van der Waals surface area contributed by atoms with Gasteiger partial charge in [-0.3, -0.25) is 9.59 Å². The van der Waals surface area contributed by atoms with Crippen LogP contribution in [0, 0.1) is 0 Å². The Hall–Kier alpha value is -3.10. The van der Waals surface area contributed by atoms with Crippen molar-refractivity contribution in [3.63, 3.8) is 0 Å². The number of carbonyl (C=O) groups excluding carboxylic acids is 2. The van der Waals surface area contributed by atoms with Gasteiger partial charge in [0.05, 0.1) is 18.7 Å². The van der Waals surface area contributed by atoms with Crippen LogP contribution in [0.1, 0.15) is 30.3 Å². The van der Waals surface area contributed by atoms with Crippen molar-refractivity contribution in [2.45, 2.75) is 26.1 Å². The van der Waals surface area contributed by atoms with Crippen LogP contribution in [-0.4, -0.2) is 34.8 Å². The number of aromatic nitrogens is 1. The third-order valence-corrected chi connectivity index (χ3v) is 3.36. The number of rotatable bonds is 7. The topological polar surface area (TPSA) is 85.7 Å². The van der Waals surface area contributed by atoms with Crippen LogP contribution in [0.15, 0.2) is 36.4 Å². The zero-order valence-corrected chi connectivity index (χ0v) is 14.2. The molecule has 0 fully saturated rings. The first-order valence-electron chi connectivity index (χ1n) is 7.94. The molecule has 0 atom stereocenters. The number of Topliss-reactive ketones (excluding diaryl/α,β-unsaturated/α-hetero) is 1. The molecule has 0 bridgehead atoms. The summed E-state index contributed by atoms with van der Waals surface area (Å²) in [6.45, 7) is 1.82. The summed E-state index contributed by atoms with van der Waals surface area (Å²) in [5.74, 6) is -1.98. The number of aromatic hydroxyl groups is 1. The highest BCUT2D eigenvalue weighted by molar-refractivity contribution is 5.98. The number of ketones is 1. The molecule has 0 aliphatic rings. The minimum atomic E-state index is -4.84. The van der Waals surface area contributed by atoms with Crippen molar-refractivity contribution < 1.29 is 37.3 Å². The fraction of sp³-hybridized carbons (Fsp3) is 0.278. The lowest BCUT2D eigenvalue weighted by Gasteiger charge is -2.10. The monoisotopic (exact) mass is 383 g/mol. The van der Waals surface area contributed by atoms with E-state index in [0.29, 0.717) is 0 Å². The number of hydrogen-bond acceptors (Lipinski definition) is 6. The van der Waals surface area contributed by atoms with Crippen molar-refractivity contribution in [3.05, 3.63) is 42.1 Å². The molecule has 9 heteroatoms. The molecule has 0 unspecified atom stereocenters.